The SMILES string of the molecule is CCOC(=O)c1ccc2nc(C3CCN(C(=O)OC(C)(C)C)C3)[nH]c2c1. The summed E-state index contributed by atoms with van der Waals surface area (Å²) in [5, 5.41) is 0. The Kier molecular flexibility index (Phi) is 4.89. The minimum absolute atomic E-state index is 0.126. The third-order valence-corrected chi connectivity index (χ3v) is 4.24. The monoisotopic (exact) mass is 359 g/mol. The van der Waals surface area contributed by atoms with Gasteiger partial charge in [0.1, 0.15) is 11.4 Å². The van der Waals surface area contributed by atoms with E-state index in [1.807, 2.05) is 26.8 Å². The highest BCUT2D eigenvalue weighted by Gasteiger charge is 2.32. The van der Waals surface area contributed by atoms with Crippen LogP contribution in [0.3, 0.4) is 0 Å². The minimum Gasteiger partial charge on any atom is -0.462 e. The van der Waals surface area contributed by atoms with Crippen LogP contribution in [0.4, 0.5) is 4.79 Å². The van der Waals surface area contributed by atoms with Crippen LogP contribution in [-0.2, 0) is 9.47 Å². The summed E-state index contributed by atoms with van der Waals surface area (Å²) in [6, 6.07) is 5.28. The van der Waals surface area contributed by atoms with Gasteiger partial charge in [-0.25, -0.2) is 14.6 Å². The Hall–Kier alpha value is -2.57. The fraction of sp³-hybridized carbons (Fsp3) is 0.526. The van der Waals surface area contributed by atoms with Crippen molar-refractivity contribution in [1.29, 1.82) is 0 Å². The molecule has 7 heteroatoms. The van der Waals surface area contributed by atoms with Gasteiger partial charge in [-0.15, -0.1) is 0 Å². The van der Waals surface area contributed by atoms with Crippen LogP contribution in [0.2, 0.25) is 0 Å². The first kappa shape index (κ1) is 18.2. The molecule has 1 N–H and O–H groups in total. The van der Waals surface area contributed by atoms with Crippen molar-refractivity contribution in [3.8, 4) is 0 Å². The fourth-order valence-electron chi connectivity index (χ4n) is 3.04. The zero-order chi connectivity index (χ0) is 18.9. The van der Waals surface area contributed by atoms with E-state index in [0.717, 1.165) is 23.3 Å². The van der Waals surface area contributed by atoms with Gasteiger partial charge in [0.2, 0.25) is 0 Å². The summed E-state index contributed by atoms with van der Waals surface area (Å²) in [7, 11) is 0. The van der Waals surface area contributed by atoms with Gasteiger partial charge in [0.15, 0.2) is 0 Å². The molecule has 7 nitrogen and oxygen atoms in total. The second-order valence-corrected chi connectivity index (χ2v) is 7.49. The molecule has 1 aliphatic heterocycles. The van der Waals surface area contributed by atoms with E-state index in [1.165, 1.54) is 0 Å². The summed E-state index contributed by atoms with van der Waals surface area (Å²) in [5.41, 5.74) is 1.58. The molecule has 1 fully saturated rings. The highest BCUT2D eigenvalue weighted by Crippen LogP contribution is 2.28. The van der Waals surface area contributed by atoms with Gasteiger partial charge < -0.3 is 19.4 Å². The average Bonchev–Trinajstić information content (AvgIpc) is 3.19. The van der Waals surface area contributed by atoms with Crippen molar-refractivity contribution < 1.29 is 19.1 Å². The first-order chi connectivity index (χ1) is 12.3. The molecule has 1 aliphatic rings. The number of imidazole rings is 1. The molecule has 0 saturated carbocycles. The number of ether oxygens (including phenoxy) is 2. The van der Waals surface area contributed by atoms with Gasteiger partial charge in [0.25, 0.3) is 0 Å². The number of nitrogens with one attached hydrogen (secondary N) is 1. The van der Waals surface area contributed by atoms with Gasteiger partial charge in [0.05, 0.1) is 23.2 Å². The highest BCUT2D eigenvalue weighted by molar-refractivity contribution is 5.93. The van der Waals surface area contributed by atoms with Crippen molar-refractivity contribution in [2.24, 2.45) is 0 Å². The molecular weight excluding hydrogens is 334 g/mol. The number of carbonyl (C=O) groups excluding carboxylic acids is 2. The van der Waals surface area contributed by atoms with Gasteiger partial charge in [-0.05, 0) is 52.3 Å². The second kappa shape index (κ2) is 6.97. The Balaban J connectivity index is 1.73. The summed E-state index contributed by atoms with van der Waals surface area (Å²) in [6.45, 7) is 8.91. The van der Waals surface area contributed by atoms with Gasteiger partial charge in [-0.2, -0.15) is 0 Å². The quantitative estimate of drug-likeness (QED) is 0.848. The standard InChI is InChI=1S/C19H25N3O4/c1-5-25-17(23)12-6-7-14-15(10-12)21-16(20-14)13-8-9-22(11-13)18(24)26-19(2,3)4/h6-7,10,13H,5,8-9,11H2,1-4H3,(H,20,21). The van der Waals surface area contributed by atoms with E-state index in [2.05, 4.69) is 9.97 Å². The number of H-pyrrole nitrogens is 1. The second-order valence-electron chi connectivity index (χ2n) is 7.49. The lowest BCUT2D eigenvalue weighted by atomic mass is 10.1. The van der Waals surface area contributed by atoms with Crippen LogP contribution in [0, 0.1) is 0 Å². The van der Waals surface area contributed by atoms with E-state index in [0.29, 0.717) is 25.3 Å². The summed E-state index contributed by atoms with van der Waals surface area (Å²) in [6.07, 6.45) is 0.532. The van der Waals surface area contributed by atoms with Crippen molar-refractivity contribution >= 4 is 23.1 Å². The highest BCUT2D eigenvalue weighted by atomic mass is 16.6. The van der Waals surface area contributed by atoms with Crippen LogP contribution < -0.4 is 0 Å². The Morgan fingerprint density at radius 3 is 2.81 bits per heavy atom. The van der Waals surface area contributed by atoms with Crippen LogP contribution in [0.15, 0.2) is 18.2 Å². The summed E-state index contributed by atoms with van der Waals surface area (Å²) < 4.78 is 10.5. The number of esters is 1. The average molecular weight is 359 g/mol. The largest absolute Gasteiger partial charge is 0.462 e. The number of aromatic nitrogens is 2. The normalized spacial score (nSPS) is 17.5. The number of carbonyl (C=O) groups is 2. The maximum atomic E-state index is 12.2. The molecular formula is C19H25N3O4. The van der Waals surface area contributed by atoms with Gasteiger partial charge in [-0.3, -0.25) is 0 Å². The van der Waals surface area contributed by atoms with Crippen LogP contribution in [0.1, 0.15) is 56.2 Å². The van der Waals surface area contributed by atoms with Crippen molar-refractivity contribution in [3.05, 3.63) is 29.6 Å². The van der Waals surface area contributed by atoms with Crippen molar-refractivity contribution in [2.75, 3.05) is 19.7 Å². The third-order valence-electron chi connectivity index (χ3n) is 4.24. The summed E-state index contributed by atoms with van der Waals surface area (Å²) >= 11 is 0. The Labute approximate surface area is 152 Å². The zero-order valence-electron chi connectivity index (χ0n) is 15.7. The van der Waals surface area contributed by atoms with E-state index in [4.69, 9.17) is 9.47 Å². The number of rotatable bonds is 3. The van der Waals surface area contributed by atoms with Crippen LogP contribution >= 0.6 is 0 Å². The number of fused-ring (bicyclic) bond motifs is 1. The van der Waals surface area contributed by atoms with Crippen molar-refractivity contribution in [1.82, 2.24) is 14.9 Å². The number of nitrogens with zero attached hydrogens (tertiary/aromatic N) is 2. The fourth-order valence-corrected chi connectivity index (χ4v) is 3.04. The lowest BCUT2D eigenvalue weighted by Gasteiger charge is -2.24. The molecule has 0 spiro atoms. The van der Waals surface area contributed by atoms with E-state index >= 15 is 0 Å². The lowest BCUT2D eigenvalue weighted by molar-refractivity contribution is 0.0292. The van der Waals surface area contributed by atoms with Crippen LogP contribution in [0.25, 0.3) is 11.0 Å². The lowest BCUT2D eigenvalue weighted by Crippen LogP contribution is -2.35. The smallest absolute Gasteiger partial charge is 0.410 e. The number of aromatic amines is 1. The first-order valence-corrected chi connectivity index (χ1v) is 8.91. The maximum Gasteiger partial charge on any atom is 0.410 e. The van der Waals surface area contributed by atoms with E-state index < -0.39 is 5.60 Å². The molecule has 1 unspecified atom stereocenters. The predicted octanol–water partition coefficient (Wildman–Crippen LogP) is 3.46. The Morgan fingerprint density at radius 2 is 2.12 bits per heavy atom. The molecule has 2 aromatic rings. The molecule has 1 atom stereocenters. The predicted molar refractivity (Wildman–Crippen MR) is 97.2 cm³/mol. The third kappa shape index (κ3) is 3.98. The Bertz CT molecular complexity index is 822. The molecule has 0 aliphatic carbocycles. The number of likely N-dealkylation sites (tertiary alicyclic amines) is 1. The van der Waals surface area contributed by atoms with Crippen molar-refractivity contribution in [2.45, 2.75) is 45.6 Å². The van der Waals surface area contributed by atoms with Gasteiger partial charge in [0, 0.05) is 19.0 Å². The van der Waals surface area contributed by atoms with E-state index in [9.17, 15) is 9.59 Å². The van der Waals surface area contributed by atoms with Crippen molar-refractivity contribution in [3.63, 3.8) is 0 Å². The minimum atomic E-state index is -0.502. The molecule has 1 aromatic heterocycles. The summed E-state index contributed by atoms with van der Waals surface area (Å²) in [5.74, 6) is 0.607. The van der Waals surface area contributed by atoms with Gasteiger partial charge in [-0.1, -0.05) is 0 Å². The molecule has 3 rings (SSSR count). The molecule has 1 aromatic carbocycles. The number of hydrogen-bond acceptors (Lipinski definition) is 5. The van der Waals surface area contributed by atoms with Gasteiger partial charge >= 0.3 is 12.1 Å². The molecule has 1 amide bonds. The Morgan fingerprint density at radius 1 is 1.35 bits per heavy atom. The molecule has 0 radical (unpaired) electrons. The maximum absolute atomic E-state index is 12.2. The number of amides is 1. The number of hydrogen-bond donors (Lipinski definition) is 1. The molecule has 140 valence electrons. The topological polar surface area (TPSA) is 84.5 Å². The number of benzene rings is 1. The molecule has 1 saturated heterocycles. The van der Waals surface area contributed by atoms with E-state index in [-0.39, 0.29) is 18.0 Å². The molecule has 2 heterocycles. The molecule has 0 bridgehead atoms. The van der Waals surface area contributed by atoms with Crippen LogP contribution in [0.5, 0.6) is 0 Å². The summed E-state index contributed by atoms with van der Waals surface area (Å²) in [4.78, 5) is 33.7. The first-order valence-electron chi connectivity index (χ1n) is 8.91. The van der Waals surface area contributed by atoms with Crippen LogP contribution in [-0.4, -0.2) is 52.2 Å². The molecule has 26 heavy (non-hydrogen) atoms. The zero-order valence-corrected chi connectivity index (χ0v) is 15.7. The van der Waals surface area contributed by atoms with E-state index in [1.54, 1.807) is 24.0 Å².